The van der Waals surface area contributed by atoms with Crippen LogP contribution in [0.3, 0.4) is 0 Å². The van der Waals surface area contributed by atoms with Crippen molar-refractivity contribution in [1.82, 2.24) is 0 Å². The molecule has 0 bridgehead atoms. The van der Waals surface area contributed by atoms with Crippen LogP contribution < -0.4 is 9.47 Å². The summed E-state index contributed by atoms with van der Waals surface area (Å²) in [5.74, 6) is 0.883. The Morgan fingerprint density at radius 3 is 1.96 bits per heavy atom. The summed E-state index contributed by atoms with van der Waals surface area (Å²) in [6.45, 7) is 7.00. The molecule has 0 saturated heterocycles. The molecule has 7 heteroatoms. The third-order valence-corrected chi connectivity index (χ3v) is 3.49. The fraction of sp³-hybridized carbons (Fsp3) is 0.611. The summed E-state index contributed by atoms with van der Waals surface area (Å²) in [5, 5.41) is 0. The average Bonchev–Trinajstić information content (AvgIpc) is 2.59. The molecule has 0 aliphatic carbocycles. The molecule has 0 fully saturated rings. The van der Waals surface area contributed by atoms with Gasteiger partial charge >= 0.3 is 5.97 Å². The molecular weight excluding hydrogens is 328 g/mol. The maximum Gasteiger partial charge on any atom is 0.303 e. The minimum absolute atomic E-state index is 0.325. The first-order chi connectivity index (χ1) is 12.2. The van der Waals surface area contributed by atoms with Crippen LogP contribution in [0.4, 0.5) is 0 Å². The first kappa shape index (κ1) is 19.5. The van der Waals surface area contributed by atoms with E-state index in [9.17, 15) is 4.79 Å². The number of ether oxygens (including phenoxy) is 6. The summed E-state index contributed by atoms with van der Waals surface area (Å²) in [7, 11) is 0. The lowest BCUT2D eigenvalue weighted by Gasteiger charge is -2.17. The van der Waals surface area contributed by atoms with Crippen molar-refractivity contribution in [3.05, 3.63) is 23.8 Å². The molecule has 0 N–H and O–H groups in total. The number of benzene rings is 1. The molecule has 1 aromatic rings. The number of carbonyl (C=O) groups is 1. The average molecular weight is 354 g/mol. The van der Waals surface area contributed by atoms with Crippen LogP contribution in [0, 0.1) is 0 Å². The van der Waals surface area contributed by atoms with E-state index in [-0.39, 0.29) is 12.1 Å². The lowest BCUT2D eigenvalue weighted by Crippen LogP contribution is -2.13. The molecule has 0 amide bonds. The van der Waals surface area contributed by atoms with Crippen molar-refractivity contribution in [2.45, 2.75) is 20.0 Å². The Morgan fingerprint density at radius 2 is 1.40 bits per heavy atom. The Morgan fingerprint density at radius 1 is 0.880 bits per heavy atom. The van der Waals surface area contributed by atoms with E-state index in [2.05, 4.69) is 0 Å². The number of rotatable bonds is 2. The molecule has 140 valence electrons. The van der Waals surface area contributed by atoms with Gasteiger partial charge < -0.3 is 28.4 Å². The summed E-state index contributed by atoms with van der Waals surface area (Å²) >= 11 is 0. The van der Waals surface area contributed by atoms with E-state index < -0.39 is 0 Å². The van der Waals surface area contributed by atoms with Gasteiger partial charge in [-0.15, -0.1) is 0 Å². The Hall–Kier alpha value is -1.83. The smallest absolute Gasteiger partial charge is 0.303 e. The van der Waals surface area contributed by atoms with E-state index in [1.165, 1.54) is 6.92 Å². The van der Waals surface area contributed by atoms with Crippen LogP contribution in [0.15, 0.2) is 18.2 Å². The monoisotopic (exact) mass is 354 g/mol. The topological polar surface area (TPSA) is 72.5 Å². The van der Waals surface area contributed by atoms with Crippen molar-refractivity contribution < 1.29 is 33.2 Å². The van der Waals surface area contributed by atoms with Gasteiger partial charge in [0.25, 0.3) is 0 Å². The van der Waals surface area contributed by atoms with Crippen molar-refractivity contribution in [2.24, 2.45) is 0 Å². The second-order valence-electron chi connectivity index (χ2n) is 5.49. The van der Waals surface area contributed by atoms with E-state index in [1.807, 2.05) is 25.1 Å². The molecule has 0 radical (unpaired) electrons. The predicted octanol–water partition coefficient (Wildman–Crippen LogP) is 2.13. The van der Waals surface area contributed by atoms with E-state index in [4.69, 9.17) is 28.4 Å². The highest BCUT2D eigenvalue weighted by Crippen LogP contribution is 2.31. The van der Waals surface area contributed by atoms with Gasteiger partial charge in [0.05, 0.1) is 39.6 Å². The molecule has 0 spiro atoms. The molecule has 1 atom stereocenters. The van der Waals surface area contributed by atoms with Gasteiger partial charge in [-0.2, -0.15) is 0 Å². The van der Waals surface area contributed by atoms with Crippen LogP contribution in [0.5, 0.6) is 11.5 Å². The summed E-state index contributed by atoms with van der Waals surface area (Å²) in [6, 6.07) is 5.49. The van der Waals surface area contributed by atoms with Gasteiger partial charge in [-0.1, -0.05) is 6.07 Å². The van der Waals surface area contributed by atoms with Gasteiger partial charge in [-0.3, -0.25) is 4.79 Å². The van der Waals surface area contributed by atoms with Gasteiger partial charge in [-0.25, -0.2) is 0 Å². The summed E-state index contributed by atoms with van der Waals surface area (Å²) in [5.41, 5.74) is 0.834. The lowest BCUT2D eigenvalue weighted by atomic mass is 10.1. The zero-order valence-electron chi connectivity index (χ0n) is 14.8. The van der Waals surface area contributed by atoms with Crippen LogP contribution in [-0.2, 0) is 23.7 Å². The molecule has 7 nitrogen and oxygen atoms in total. The van der Waals surface area contributed by atoms with Gasteiger partial charge in [0, 0.05) is 6.92 Å². The summed E-state index contributed by atoms with van der Waals surface area (Å²) in [4.78, 5) is 11.1. The number of hydrogen-bond acceptors (Lipinski definition) is 7. The van der Waals surface area contributed by atoms with Crippen molar-refractivity contribution >= 4 is 5.97 Å². The SMILES string of the molecule is CC(=O)O[C@@H](C)c1ccc2c(c1)OCCOCCOCCOCCO2. The normalized spacial score (nSPS) is 18.5. The highest BCUT2D eigenvalue weighted by Gasteiger charge is 2.13. The minimum Gasteiger partial charge on any atom is -0.487 e. The van der Waals surface area contributed by atoms with Gasteiger partial charge in [0.2, 0.25) is 0 Å². The quantitative estimate of drug-likeness (QED) is 0.753. The summed E-state index contributed by atoms with van der Waals surface area (Å²) < 4.78 is 33.0. The van der Waals surface area contributed by atoms with Crippen LogP contribution in [0.2, 0.25) is 0 Å². The van der Waals surface area contributed by atoms with Crippen LogP contribution in [0.25, 0.3) is 0 Å². The van der Waals surface area contributed by atoms with E-state index in [1.54, 1.807) is 0 Å². The number of carbonyl (C=O) groups excluding carboxylic acids is 1. The highest BCUT2D eigenvalue weighted by atomic mass is 16.6. The predicted molar refractivity (Wildman–Crippen MR) is 90.1 cm³/mol. The molecule has 1 aliphatic heterocycles. The van der Waals surface area contributed by atoms with E-state index >= 15 is 0 Å². The molecule has 1 aromatic carbocycles. The third-order valence-electron chi connectivity index (χ3n) is 3.49. The highest BCUT2D eigenvalue weighted by molar-refractivity contribution is 5.66. The Labute approximate surface area is 148 Å². The molecule has 1 aliphatic rings. The van der Waals surface area contributed by atoms with Gasteiger partial charge in [-0.05, 0) is 24.6 Å². The zero-order valence-corrected chi connectivity index (χ0v) is 14.8. The van der Waals surface area contributed by atoms with Crippen LogP contribution in [-0.4, -0.2) is 58.8 Å². The fourth-order valence-electron chi connectivity index (χ4n) is 2.29. The zero-order chi connectivity index (χ0) is 17.9. The van der Waals surface area contributed by atoms with E-state index in [0.717, 1.165) is 5.56 Å². The first-order valence-corrected chi connectivity index (χ1v) is 8.47. The van der Waals surface area contributed by atoms with Gasteiger partial charge in [0.1, 0.15) is 19.3 Å². The van der Waals surface area contributed by atoms with E-state index in [0.29, 0.717) is 64.4 Å². The largest absolute Gasteiger partial charge is 0.487 e. The van der Waals surface area contributed by atoms with Crippen LogP contribution >= 0.6 is 0 Å². The maximum atomic E-state index is 11.1. The van der Waals surface area contributed by atoms with Gasteiger partial charge in [0.15, 0.2) is 11.5 Å². The van der Waals surface area contributed by atoms with Crippen molar-refractivity contribution in [3.63, 3.8) is 0 Å². The number of hydrogen-bond donors (Lipinski definition) is 0. The van der Waals surface area contributed by atoms with Crippen molar-refractivity contribution in [1.29, 1.82) is 0 Å². The van der Waals surface area contributed by atoms with Crippen molar-refractivity contribution in [3.8, 4) is 11.5 Å². The third kappa shape index (κ3) is 7.29. The van der Waals surface area contributed by atoms with Crippen LogP contribution in [0.1, 0.15) is 25.5 Å². The second kappa shape index (κ2) is 10.9. The maximum absolute atomic E-state index is 11.1. The number of fused-ring (bicyclic) bond motifs is 1. The number of esters is 1. The fourth-order valence-corrected chi connectivity index (χ4v) is 2.29. The molecular formula is C18H26O7. The molecule has 0 saturated carbocycles. The molecule has 0 unspecified atom stereocenters. The Kier molecular flexibility index (Phi) is 8.51. The molecule has 25 heavy (non-hydrogen) atoms. The first-order valence-electron chi connectivity index (χ1n) is 8.47. The Balaban J connectivity index is 2.05. The minimum atomic E-state index is -0.361. The van der Waals surface area contributed by atoms with Crippen molar-refractivity contribution in [2.75, 3.05) is 52.9 Å². The molecule has 0 aromatic heterocycles. The summed E-state index contributed by atoms with van der Waals surface area (Å²) in [6.07, 6.45) is -0.361. The standard InChI is InChI=1S/C18H26O7/c1-14(25-15(2)19)16-3-4-17-18(13-16)24-12-10-22-8-6-20-5-7-21-9-11-23-17/h3-4,13-14H,5-12H2,1-2H3/t14-/m0/s1. The molecule has 1 heterocycles. The Bertz CT molecular complexity index is 532. The lowest BCUT2D eigenvalue weighted by molar-refractivity contribution is -0.145. The second-order valence-corrected chi connectivity index (χ2v) is 5.49. The molecule has 2 rings (SSSR count).